The van der Waals surface area contributed by atoms with Crippen molar-refractivity contribution in [1.82, 2.24) is 4.90 Å². The largest absolute Gasteiger partial charge is 0.396 e. The molecule has 0 aromatic heterocycles. The van der Waals surface area contributed by atoms with Gasteiger partial charge in [0.15, 0.2) is 0 Å². The Bertz CT molecular complexity index is 405. The van der Waals surface area contributed by atoms with Gasteiger partial charge in [-0.3, -0.25) is 4.90 Å². The van der Waals surface area contributed by atoms with E-state index in [-0.39, 0.29) is 6.61 Å². The van der Waals surface area contributed by atoms with Gasteiger partial charge < -0.3 is 9.84 Å². The van der Waals surface area contributed by atoms with Gasteiger partial charge in [0.05, 0.1) is 6.10 Å². The van der Waals surface area contributed by atoms with E-state index in [0.29, 0.717) is 18.8 Å². The second-order valence-corrected chi connectivity index (χ2v) is 5.79. The van der Waals surface area contributed by atoms with Crippen LogP contribution in [0.3, 0.4) is 0 Å². The van der Waals surface area contributed by atoms with Crippen molar-refractivity contribution >= 4 is 11.6 Å². The van der Waals surface area contributed by atoms with Crippen LogP contribution >= 0.6 is 11.6 Å². The molecule has 0 radical (unpaired) electrons. The van der Waals surface area contributed by atoms with Crippen LogP contribution in [0.25, 0.3) is 0 Å². The van der Waals surface area contributed by atoms with Crippen LogP contribution in [0.1, 0.15) is 37.8 Å². The number of hydrogen-bond donors (Lipinski definition) is 1. The Kier molecular flexibility index (Phi) is 6.30. The Morgan fingerprint density at radius 2 is 2.05 bits per heavy atom. The number of ether oxygens (including phenoxy) is 1. The molecule has 4 heteroatoms. The summed E-state index contributed by atoms with van der Waals surface area (Å²) in [6.45, 7) is 5.17. The molecule has 1 aliphatic rings. The molecular formula is C16H24ClNO2. The predicted octanol–water partition coefficient (Wildman–Crippen LogP) is 3.26. The molecule has 1 unspecified atom stereocenters. The molecular weight excluding hydrogens is 274 g/mol. The summed E-state index contributed by atoms with van der Waals surface area (Å²) >= 11 is 6.28. The van der Waals surface area contributed by atoms with Gasteiger partial charge in [0.2, 0.25) is 0 Å². The Hall–Kier alpha value is -0.610. The molecule has 1 saturated heterocycles. The fourth-order valence-corrected chi connectivity index (χ4v) is 3.05. The Morgan fingerprint density at radius 3 is 2.70 bits per heavy atom. The van der Waals surface area contributed by atoms with E-state index in [2.05, 4.69) is 17.9 Å². The van der Waals surface area contributed by atoms with Crippen molar-refractivity contribution in [2.45, 2.75) is 38.3 Å². The summed E-state index contributed by atoms with van der Waals surface area (Å²) in [5, 5.41) is 9.61. The van der Waals surface area contributed by atoms with E-state index >= 15 is 0 Å². The maximum atomic E-state index is 8.76. The molecule has 20 heavy (non-hydrogen) atoms. The van der Waals surface area contributed by atoms with Crippen LogP contribution in [0.15, 0.2) is 24.3 Å². The Balaban J connectivity index is 1.83. The van der Waals surface area contributed by atoms with Gasteiger partial charge in [0, 0.05) is 37.4 Å². The molecule has 1 N–H and O–H groups in total. The SMILES string of the molecule is CC(c1ccccc1Cl)N1CCC(OCCCO)CC1. The van der Waals surface area contributed by atoms with Crippen molar-refractivity contribution in [3.63, 3.8) is 0 Å². The van der Waals surface area contributed by atoms with E-state index in [1.54, 1.807) is 0 Å². The molecule has 0 bridgehead atoms. The third-order valence-corrected chi connectivity index (χ3v) is 4.38. The fourth-order valence-electron chi connectivity index (χ4n) is 2.75. The number of benzene rings is 1. The highest BCUT2D eigenvalue weighted by Gasteiger charge is 2.24. The third kappa shape index (κ3) is 4.19. The smallest absolute Gasteiger partial charge is 0.0599 e. The normalized spacial score (nSPS) is 19.1. The minimum Gasteiger partial charge on any atom is -0.396 e. The average molecular weight is 298 g/mol. The van der Waals surface area contributed by atoms with Crippen molar-refractivity contribution in [2.24, 2.45) is 0 Å². The predicted molar refractivity (Wildman–Crippen MR) is 82.1 cm³/mol. The van der Waals surface area contributed by atoms with Crippen molar-refractivity contribution < 1.29 is 9.84 Å². The van der Waals surface area contributed by atoms with Crippen LogP contribution in [-0.2, 0) is 4.74 Å². The van der Waals surface area contributed by atoms with E-state index < -0.39 is 0 Å². The van der Waals surface area contributed by atoms with Crippen LogP contribution < -0.4 is 0 Å². The van der Waals surface area contributed by atoms with Gasteiger partial charge in [-0.05, 0) is 37.8 Å². The van der Waals surface area contributed by atoms with Gasteiger partial charge in [-0.1, -0.05) is 29.8 Å². The van der Waals surface area contributed by atoms with Crippen molar-refractivity contribution in [1.29, 1.82) is 0 Å². The van der Waals surface area contributed by atoms with Gasteiger partial charge in [-0.15, -0.1) is 0 Å². The highest BCUT2D eigenvalue weighted by molar-refractivity contribution is 6.31. The van der Waals surface area contributed by atoms with E-state index in [0.717, 1.165) is 37.4 Å². The first kappa shape index (κ1) is 15.8. The molecule has 1 aromatic carbocycles. The number of aliphatic hydroxyl groups excluding tert-OH is 1. The van der Waals surface area contributed by atoms with Crippen molar-refractivity contribution in [3.8, 4) is 0 Å². The standard InChI is InChI=1S/C16H24ClNO2/c1-13(15-5-2-3-6-16(15)17)18-9-7-14(8-10-18)20-12-4-11-19/h2-3,5-6,13-14,19H,4,7-12H2,1H3. The maximum Gasteiger partial charge on any atom is 0.0599 e. The quantitative estimate of drug-likeness (QED) is 0.818. The zero-order valence-corrected chi connectivity index (χ0v) is 12.9. The highest BCUT2D eigenvalue weighted by Crippen LogP contribution is 2.29. The lowest BCUT2D eigenvalue weighted by molar-refractivity contribution is -0.00509. The minimum atomic E-state index is 0.211. The van der Waals surface area contributed by atoms with Crippen molar-refractivity contribution in [3.05, 3.63) is 34.9 Å². The van der Waals surface area contributed by atoms with Crippen LogP contribution in [-0.4, -0.2) is 42.4 Å². The molecule has 1 atom stereocenters. The van der Waals surface area contributed by atoms with Gasteiger partial charge >= 0.3 is 0 Å². The average Bonchev–Trinajstić information content (AvgIpc) is 2.48. The van der Waals surface area contributed by atoms with Crippen LogP contribution in [0.4, 0.5) is 0 Å². The molecule has 1 aromatic rings. The summed E-state index contributed by atoms with van der Waals surface area (Å²) in [4.78, 5) is 2.47. The first-order valence-electron chi connectivity index (χ1n) is 7.43. The number of nitrogens with zero attached hydrogens (tertiary/aromatic N) is 1. The molecule has 112 valence electrons. The van der Waals surface area contributed by atoms with E-state index in [1.165, 1.54) is 5.56 Å². The number of halogens is 1. The summed E-state index contributed by atoms with van der Waals surface area (Å²) in [7, 11) is 0. The first-order valence-corrected chi connectivity index (χ1v) is 7.81. The van der Waals surface area contributed by atoms with Gasteiger partial charge in [0.25, 0.3) is 0 Å². The Labute approximate surface area is 126 Å². The molecule has 0 spiro atoms. The number of rotatable bonds is 6. The van der Waals surface area contributed by atoms with Crippen LogP contribution in [0, 0.1) is 0 Å². The molecule has 1 heterocycles. The van der Waals surface area contributed by atoms with E-state index in [4.69, 9.17) is 21.4 Å². The number of hydrogen-bond acceptors (Lipinski definition) is 3. The highest BCUT2D eigenvalue weighted by atomic mass is 35.5. The maximum absolute atomic E-state index is 8.76. The molecule has 0 amide bonds. The Morgan fingerprint density at radius 1 is 1.35 bits per heavy atom. The molecule has 0 saturated carbocycles. The zero-order valence-electron chi connectivity index (χ0n) is 12.1. The molecule has 1 aliphatic heterocycles. The van der Waals surface area contributed by atoms with Gasteiger partial charge in [-0.2, -0.15) is 0 Å². The molecule has 2 rings (SSSR count). The van der Waals surface area contributed by atoms with Crippen LogP contribution in [0.5, 0.6) is 0 Å². The third-order valence-electron chi connectivity index (χ3n) is 4.04. The lowest BCUT2D eigenvalue weighted by Crippen LogP contribution is -2.38. The summed E-state index contributed by atoms with van der Waals surface area (Å²) < 4.78 is 5.77. The number of aliphatic hydroxyl groups is 1. The van der Waals surface area contributed by atoms with Gasteiger partial charge in [-0.25, -0.2) is 0 Å². The minimum absolute atomic E-state index is 0.211. The second-order valence-electron chi connectivity index (χ2n) is 5.38. The molecule has 0 aliphatic carbocycles. The number of piperidine rings is 1. The number of likely N-dealkylation sites (tertiary alicyclic amines) is 1. The summed E-state index contributed by atoms with van der Waals surface area (Å²) in [6, 6.07) is 8.43. The monoisotopic (exact) mass is 297 g/mol. The molecule has 1 fully saturated rings. The van der Waals surface area contributed by atoms with E-state index in [1.807, 2.05) is 18.2 Å². The second kappa shape index (κ2) is 7.99. The van der Waals surface area contributed by atoms with Gasteiger partial charge in [0.1, 0.15) is 0 Å². The van der Waals surface area contributed by atoms with Crippen molar-refractivity contribution in [2.75, 3.05) is 26.3 Å². The lowest BCUT2D eigenvalue weighted by Gasteiger charge is -2.36. The zero-order chi connectivity index (χ0) is 14.4. The molecule has 3 nitrogen and oxygen atoms in total. The van der Waals surface area contributed by atoms with Crippen LogP contribution in [0.2, 0.25) is 5.02 Å². The lowest BCUT2D eigenvalue weighted by atomic mass is 10.0. The first-order chi connectivity index (χ1) is 9.72. The topological polar surface area (TPSA) is 32.7 Å². The fraction of sp³-hybridized carbons (Fsp3) is 0.625. The summed E-state index contributed by atoms with van der Waals surface area (Å²) in [6.07, 6.45) is 3.19. The van der Waals surface area contributed by atoms with E-state index in [9.17, 15) is 0 Å². The summed E-state index contributed by atoms with van der Waals surface area (Å²) in [5.41, 5.74) is 1.20. The summed E-state index contributed by atoms with van der Waals surface area (Å²) in [5.74, 6) is 0.